The fourth-order valence-corrected chi connectivity index (χ4v) is 1.26. The molecule has 2 nitrogen and oxygen atoms in total. The monoisotopic (exact) mass is 142 g/mol. The summed E-state index contributed by atoms with van der Waals surface area (Å²) < 4.78 is 2.11. The molecule has 0 fully saturated rings. The van der Waals surface area contributed by atoms with Gasteiger partial charge in [-0.05, 0) is 21.4 Å². The molecule has 1 aliphatic heterocycles. The molecule has 0 spiro atoms. The maximum atomic E-state index is 3.14. The minimum Gasteiger partial charge on any atom is -0.349 e. The molecule has 0 aromatic rings. The minimum atomic E-state index is -0.0345. The van der Waals surface area contributed by atoms with Crippen molar-refractivity contribution < 1.29 is 0 Å². The van der Waals surface area contributed by atoms with Gasteiger partial charge in [0.15, 0.2) is 0 Å². The van der Waals surface area contributed by atoms with Crippen LogP contribution in [0.3, 0.4) is 0 Å². The van der Waals surface area contributed by atoms with Gasteiger partial charge >= 0.3 is 0 Å². The summed E-state index contributed by atoms with van der Waals surface area (Å²) in [6, 6.07) is 0. The van der Waals surface area contributed by atoms with E-state index in [-0.39, 0.29) is 8.07 Å². The molecular formula is C6H11N2P. The van der Waals surface area contributed by atoms with E-state index in [4.69, 9.17) is 0 Å². The van der Waals surface area contributed by atoms with Gasteiger partial charge in [-0.2, -0.15) is 0 Å². The van der Waals surface area contributed by atoms with E-state index in [1.807, 2.05) is 24.3 Å². The van der Waals surface area contributed by atoms with E-state index in [1.165, 1.54) is 0 Å². The van der Waals surface area contributed by atoms with Crippen molar-refractivity contribution in [3.8, 4) is 0 Å². The van der Waals surface area contributed by atoms with Crippen molar-refractivity contribution in [3.63, 3.8) is 0 Å². The Morgan fingerprint density at radius 3 is 2.22 bits per heavy atom. The molecule has 0 saturated carbocycles. The van der Waals surface area contributed by atoms with Crippen LogP contribution < -0.4 is 0 Å². The van der Waals surface area contributed by atoms with Crippen molar-refractivity contribution in [1.29, 1.82) is 0 Å². The van der Waals surface area contributed by atoms with E-state index in [2.05, 4.69) is 24.7 Å². The molecule has 0 N–H and O–H groups in total. The minimum absolute atomic E-state index is 0.0345. The smallest absolute Gasteiger partial charge is 0.211 e. The molecule has 3 heteroatoms. The van der Waals surface area contributed by atoms with Gasteiger partial charge in [0.2, 0.25) is 6.67 Å². The molecule has 1 heterocycles. The van der Waals surface area contributed by atoms with Gasteiger partial charge in [-0.3, -0.25) is 0 Å². The molecule has 0 amide bonds. The van der Waals surface area contributed by atoms with Crippen LogP contribution in [0.4, 0.5) is 0 Å². The van der Waals surface area contributed by atoms with Gasteiger partial charge in [-0.15, -0.1) is 0 Å². The van der Waals surface area contributed by atoms with E-state index in [1.54, 1.807) is 0 Å². The molecule has 0 aliphatic carbocycles. The van der Waals surface area contributed by atoms with Crippen molar-refractivity contribution in [2.45, 2.75) is 0 Å². The van der Waals surface area contributed by atoms with Crippen LogP contribution in [-0.2, 0) is 0 Å². The lowest BCUT2D eigenvalue weighted by atomic mass is 10.9. The Balaban J connectivity index is 2.41. The largest absolute Gasteiger partial charge is 0.349 e. The second-order valence-electron chi connectivity index (χ2n) is 2.20. The quantitative estimate of drug-likeness (QED) is 0.510. The van der Waals surface area contributed by atoms with Gasteiger partial charge in [0.05, 0.1) is 0 Å². The molecule has 0 atom stereocenters. The molecule has 1 rings (SSSR count). The highest BCUT2D eigenvalue weighted by Gasteiger charge is 2.12. The zero-order valence-corrected chi connectivity index (χ0v) is 6.89. The molecule has 0 unspecified atom stereocenters. The number of hydrogen-bond donors (Lipinski definition) is 0. The van der Waals surface area contributed by atoms with Gasteiger partial charge in [0, 0.05) is 19.4 Å². The standard InChI is InChI=1S/C6H11N2P/c1-7-4-5-8(6-7)9(2)3/h4-5H,1-3H3. The summed E-state index contributed by atoms with van der Waals surface area (Å²) >= 11 is 0. The Morgan fingerprint density at radius 1 is 1.33 bits per heavy atom. The van der Waals surface area contributed by atoms with Crippen LogP contribution in [-0.4, -0.2) is 29.9 Å². The summed E-state index contributed by atoms with van der Waals surface area (Å²) in [4.78, 5) is 1.93. The second-order valence-corrected chi connectivity index (χ2v) is 4.33. The Hall–Kier alpha value is -0.230. The topological polar surface area (TPSA) is 6.48 Å². The van der Waals surface area contributed by atoms with Gasteiger partial charge in [0.25, 0.3) is 0 Å². The fraction of sp³-hybridized carbons (Fsp3) is 0.500. The Morgan fingerprint density at radius 2 is 2.00 bits per heavy atom. The van der Waals surface area contributed by atoms with Crippen LogP contribution in [0.1, 0.15) is 0 Å². The van der Waals surface area contributed by atoms with Crippen LogP contribution >= 0.6 is 8.07 Å². The van der Waals surface area contributed by atoms with E-state index < -0.39 is 0 Å². The van der Waals surface area contributed by atoms with Crippen LogP contribution in [0.2, 0.25) is 0 Å². The molecule has 2 radical (unpaired) electrons. The zero-order chi connectivity index (χ0) is 6.85. The van der Waals surface area contributed by atoms with Crippen LogP contribution in [0.5, 0.6) is 0 Å². The average Bonchev–Trinajstić information content (AvgIpc) is 2.14. The van der Waals surface area contributed by atoms with Crippen molar-refractivity contribution in [1.82, 2.24) is 9.57 Å². The molecule has 50 valence electrons. The zero-order valence-electron chi connectivity index (χ0n) is 6.00. The Kier molecular flexibility index (Phi) is 1.97. The first-order valence-corrected chi connectivity index (χ1v) is 5.03. The highest BCUT2D eigenvalue weighted by molar-refractivity contribution is 7.53. The number of rotatable bonds is 1. The predicted octanol–water partition coefficient (Wildman–Crippen LogP) is 1.36. The molecule has 0 bridgehead atoms. The summed E-state index contributed by atoms with van der Waals surface area (Å²) in [5.74, 6) is 0. The third-order valence-corrected chi connectivity index (χ3v) is 2.21. The molecule has 1 aliphatic rings. The second kappa shape index (κ2) is 2.57. The molecular weight excluding hydrogens is 131 g/mol. The third-order valence-electron chi connectivity index (χ3n) is 1.12. The maximum absolute atomic E-state index is 3.14. The lowest BCUT2D eigenvalue weighted by Crippen LogP contribution is -2.10. The maximum Gasteiger partial charge on any atom is 0.211 e. The first-order chi connectivity index (χ1) is 4.20. The summed E-state index contributed by atoms with van der Waals surface area (Å²) in [7, 11) is 1.95. The Bertz CT molecular complexity index is 122. The van der Waals surface area contributed by atoms with E-state index in [0.29, 0.717) is 0 Å². The van der Waals surface area contributed by atoms with Crippen molar-refractivity contribution in [2.75, 3.05) is 20.4 Å². The van der Waals surface area contributed by atoms with Crippen LogP contribution in [0.25, 0.3) is 0 Å². The van der Waals surface area contributed by atoms with Crippen LogP contribution in [0.15, 0.2) is 12.4 Å². The fourth-order valence-electron chi connectivity index (χ4n) is 0.614. The summed E-state index contributed by atoms with van der Waals surface area (Å²) in [5, 5.41) is 0. The lowest BCUT2D eigenvalue weighted by Gasteiger charge is -2.19. The lowest BCUT2D eigenvalue weighted by molar-refractivity contribution is 0.501. The summed E-state index contributed by atoms with van der Waals surface area (Å²) in [6.07, 6.45) is 4.05. The van der Waals surface area contributed by atoms with Crippen molar-refractivity contribution >= 4 is 8.07 Å². The normalized spacial score (nSPS) is 18.2. The number of nitrogens with zero attached hydrogens (tertiary/aromatic N) is 2. The van der Waals surface area contributed by atoms with Crippen LogP contribution in [0, 0.1) is 6.67 Å². The van der Waals surface area contributed by atoms with E-state index in [0.717, 1.165) is 0 Å². The van der Waals surface area contributed by atoms with Gasteiger partial charge in [0.1, 0.15) is 0 Å². The third kappa shape index (κ3) is 1.59. The first kappa shape index (κ1) is 6.88. The predicted molar refractivity (Wildman–Crippen MR) is 40.8 cm³/mol. The van der Waals surface area contributed by atoms with Gasteiger partial charge in [-0.1, -0.05) is 0 Å². The highest BCUT2D eigenvalue weighted by atomic mass is 31.1. The number of hydrogen-bond acceptors (Lipinski definition) is 2. The first-order valence-electron chi connectivity index (χ1n) is 2.84. The SMILES string of the molecule is CN1[C]N(P(C)C)C=C1. The highest BCUT2D eigenvalue weighted by Crippen LogP contribution is 2.35. The van der Waals surface area contributed by atoms with Crippen molar-refractivity contribution in [2.24, 2.45) is 0 Å². The van der Waals surface area contributed by atoms with E-state index >= 15 is 0 Å². The molecule has 0 aromatic carbocycles. The molecule has 0 saturated heterocycles. The average molecular weight is 142 g/mol. The van der Waals surface area contributed by atoms with E-state index in [9.17, 15) is 0 Å². The molecule has 0 aromatic heterocycles. The van der Waals surface area contributed by atoms with Gasteiger partial charge in [-0.25, -0.2) is 0 Å². The van der Waals surface area contributed by atoms with Crippen molar-refractivity contribution in [3.05, 3.63) is 19.1 Å². The molecule has 9 heavy (non-hydrogen) atoms. The van der Waals surface area contributed by atoms with Gasteiger partial charge < -0.3 is 9.57 Å². The Labute approximate surface area is 57.9 Å². The summed E-state index contributed by atoms with van der Waals surface area (Å²) in [5.41, 5.74) is 0. The summed E-state index contributed by atoms with van der Waals surface area (Å²) in [6.45, 7) is 7.54.